The molecule has 0 spiro atoms. The quantitative estimate of drug-likeness (QED) is 0.699. The summed E-state index contributed by atoms with van der Waals surface area (Å²) in [6.07, 6.45) is 1.40. The van der Waals surface area contributed by atoms with Crippen molar-refractivity contribution in [2.75, 3.05) is 10.6 Å². The fourth-order valence-corrected chi connectivity index (χ4v) is 2.22. The number of nitrogens with one attached hydrogen (secondary N) is 2. The van der Waals surface area contributed by atoms with Gasteiger partial charge < -0.3 is 10.6 Å². The molecule has 24 heavy (non-hydrogen) atoms. The number of nitrogens with zero attached hydrogens (tertiary/aromatic N) is 2. The second kappa shape index (κ2) is 7.23. The Bertz CT molecular complexity index is 840. The van der Waals surface area contributed by atoms with Crippen LogP contribution >= 0.6 is 11.6 Å². The van der Waals surface area contributed by atoms with E-state index in [0.717, 1.165) is 5.56 Å². The molecule has 0 saturated carbocycles. The van der Waals surface area contributed by atoms with Crippen molar-refractivity contribution < 1.29 is 8.78 Å². The lowest BCUT2D eigenvalue weighted by molar-refractivity contribution is 0.627. The Labute approximate surface area is 142 Å². The second-order valence-corrected chi connectivity index (χ2v) is 5.43. The highest BCUT2D eigenvalue weighted by molar-refractivity contribution is 6.31. The molecule has 0 aliphatic heterocycles. The molecule has 3 rings (SSSR count). The van der Waals surface area contributed by atoms with Crippen LogP contribution in [0, 0.1) is 11.6 Å². The van der Waals surface area contributed by atoms with E-state index in [1.807, 2.05) is 0 Å². The molecule has 1 aromatic heterocycles. The van der Waals surface area contributed by atoms with Crippen LogP contribution in [0.25, 0.3) is 0 Å². The van der Waals surface area contributed by atoms with Crippen molar-refractivity contribution in [3.05, 3.63) is 77.1 Å². The SMILES string of the molecule is Fc1ccc(CNc2cc(Nc3ccc(F)c(Cl)c3)ncn2)cc1. The van der Waals surface area contributed by atoms with Crippen LogP contribution in [0.1, 0.15) is 5.56 Å². The molecule has 0 unspecified atom stereocenters. The predicted octanol–water partition coefficient (Wildman–Crippen LogP) is 4.76. The summed E-state index contributed by atoms with van der Waals surface area (Å²) in [7, 11) is 0. The molecule has 2 N–H and O–H groups in total. The number of hydrogen-bond acceptors (Lipinski definition) is 4. The minimum Gasteiger partial charge on any atom is -0.366 e. The fourth-order valence-electron chi connectivity index (χ4n) is 2.04. The summed E-state index contributed by atoms with van der Waals surface area (Å²) >= 11 is 5.75. The molecule has 0 fully saturated rings. The van der Waals surface area contributed by atoms with Crippen molar-refractivity contribution in [1.29, 1.82) is 0 Å². The monoisotopic (exact) mass is 346 g/mol. The van der Waals surface area contributed by atoms with Gasteiger partial charge in [-0.1, -0.05) is 23.7 Å². The van der Waals surface area contributed by atoms with Crippen LogP contribution in [0.5, 0.6) is 0 Å². The van der Waals surface area contributed by atoms with Gasteiger partial charge in [0.2, 0.25) is 0 Å². The molecule has 2 aromatic carbocycles. The van der Waals surface area contributed by atoms with E-state index in [-0.39, 0.29) is 10.8 Å². The minimum absolute atomic E-state index is 0.0312. The number of anilines is 3. The Hall–Kier alpha value is -2.73. The van der Waals surface area contributed by atoms with Gasteiger partial charge in [0.05, 0.1) is 5.02 Å². The van der Waals surface area contributed by atoms with Gasteiger partial charge in [0.25, 0.3) is 0 Å². The van der Waals surface area contributed by atoms with Gasteiger partial charge in [-0.15, -0.1) is 0 Å². The zero-order valence-electron chi connectivity index (χ0n) is 12.4. The van der Waals surface area contributed by atoms with Gasteiger partial charge in [-0.25, -0.2) is 18.7 Å². The predicted molar refractivity (Wildman–Crippen MR) is 90.5 cm³/mol. The molecule has 0 radical (unpaired) electrons. The zero-order valence-corrected chi connectivity index (χ0v) is 13.2. The molecular weight excluding hydrogens is 334 g/mol. The van der Waals surface area contributed by atoms with Crippen molar-refractivity contribution >= 4 is 28.9 Å². The maximum Gasteiger partial charge on any atom is 0.141 e. The maximum absolute atomic E-state index is 13.2. The molecule has 3 aromatic rings. The van der Waals surface area contributed by atoms with Gasteiger partial charge in [-0.2, -0.15) is 0 Å². The molecule has 0 aliphatic carbocycles. The van der Waals surface area contributed by atoms with Gasteiger partial charge in [0.15, 0.2) is 0 Å². The molecule has 0 bridgehead atoms. The van der Waals surface area contributed by atoms with E-state index >= 15 is 0 Å². The van der Waals surface area contributed by atoms with E-state index in [9.17, 15) is 8.78 Å². The standard InChI is InChI=1S/C17H13ClF2N4/c18-14-7-13(5-6-15(14)20)24-17-8-16(22-10-23-17)21-9-11-1-3-12(19)4-2-11/h1-8,10H,9H2,(H2,21,22,23,24). The van der Waals surface area contributed by atoms with Crippen LogP contribution in [0.3, 0.4) is 0 Å². The molecular formula is C17H13ClF2N4. The molecule has 0 amide bonds. The molecule has 0 saturated heterocycles. The molecule has 4 nitrogen and oxygen atoms in total. The fraction of sp³-hybridized carbons (Fsp3) is 0.0588. The van der Waals surface area contributed by atoms with E-state index in [1.54, 1.807) is 24.3 Å². The topological polar surface area (TPSA) is 49.8 Å². The van der Waals surface area contributed by atoms with Crippen molar-refractivity contribution in [3.63, 3.8) is 0 Å². The van der Waals surface area contributed by atoms with Crippen LogP contribution in [0.2, 0.25) is 5.02 Å². The number of aromatic nitrogens is 2. The van der Waals surface area contributed by atoms with Gasteiger partial charge in [-0.3, -0.25) is 0 Å². The lowest BCUT2D eigenvalue weighted by Crippen LogP contribution is -2.03. The molecule has 122 valence electrons. The maximum atomic E-state index is 13.2. The lowest BCUT2D eigenvalue weighted by atomic mass is 10.2. The van der Waals surface area contributed by atoms with Gasteiger partial charge in [0.1, 0.15) is 29.6 Å². The van der Waals surface area contributed by atoms with E-state index < -0.39 is 5.82 Å². The summed E-state index contributed by atoms with van der Waals surface area (Å²) in [6, 6.07) is 12.2. The Kier molecular flexibility index (Phi) is 4.86. The first-order chi connectivity index (χ1) is 11.6. The average Bonchev–Trinajstić information content (AvgIpc) is 2.58. The third-order valence-electron chi connectivity index (χ3n) is 3.25. The molecule has 0 atom stereocenters. The highest BCUT2D eigenvalue weighted by atomic mass is 35.5. The summed E-state index contributed by atoms with van der Waals surface area (Å²) < 4.78 is 26.1. The first-order valence-corrected chi connectivity index (χ1v) is 7.50. The normalized spacial score (nSPS) is 10.5. The smallest absolute Gasteiger partial charge is 0.141 e. The largest absolute Gasteiger partial charge is 0.366 e. The Morgan fingerprint density at radius 2 is 1.67 bits per heavy atom. The highest BCUT2D eigenvalue weighted by Crippen LogP contribution is 2.22. The third-order valence-corrected chi connectivity index (χ3v) is 3.54. The van der Waals surface area contributed by atoms with Gasteiger partial charge in [0, 0.05) is 18.3 Å². The van der Waals surface area contributed by atoms with Crippen LogP contribution < -0.4 is 10.6 Å². The third kappa shape index (κ3) is 4.17. The van der Waals surface area contributed by atoms with Crippen LogP contribution in [0.4, 0.5) is 26.1 Å². The second-order valence-electron chi connectivity index (χ2n) is 5.02. The van der Waals surface area contributed by atoms with Crippen molar-refractivity contribution in [3.8, 4) is 0 Å². The zero-order chi connectivity index (χ0) is 16.9. The molecule has 0 aliphatic rings. The lowest BCUT2D eigenvalue weighted by Gasteiger charge is -2.09. The van der Waals surface area contributed by atoms with E-state index in [4.69, 9.17) is 11.6 Å². The van der Waals surface area contributed by atoms with Crippen molar-refractivity contribution in [2.24, 2.45) is 0 Å². The van der Waals surface area contributed by atoms with Crippen molar-refractivity contribution in [1.82, 2.24) is 9.97 Å². The van der Waals surface area contributed by atoms with Crippen LogP contribution in [-0.4, -0.2) is 9.97 Å². The number of rotatable bonds is 5. The summed E-state index contributed by atoms with van der Waals surface area (Å²) in [4.78, 5) is 8.23. The first-order valence-electron chi connectivity index (χ1n) is 7.12. The minimum atomic E-state index is -0.480. The Morgan fingerprint density at radius 1 is 0.917 bits per heavy atom. The number of halogens is 3. The summed E-state index contributed by atoms with van der Waals surface area (Å²) in [5.41, 5.74) is 1.54. The van der Waals surface area contributed by atoms with E-state index in [2.05, 4.69) is 20.6 Å². The number of hydrogen-bond donors (Lipinski definition) is 2. The highest BCUT2D eigenvalue weighted by Gasteiger charge is 2.03. The summed E-state index contributed by atoms with van der Waals surface area (Å²) in [5, 5.41) is 6.18. The summed E-state index contributed by atoms with van der Waals surface area (Å²) in [6.45, 7) is 0.499. The van der Waals surface area contributed by atoms with Gasteiger partial charge in [-0.05, 0) is 35.9 Å². The average molecular weight is 347 g/mol. The Balaban J connectivity index is 1.67. The first kappa shape index (κ1) is 16.1. The molecule has 7 heteroatoms. The van der Waals surface area contributed by atoms with E-state index in [0.29, 0.717) is 23.9 Å². The molecule has 1 heterocycles. The Morgan fingerprint density at radius 3 is 2.42 bits per heavy atom. The number of benzene rings is 2. The van der Waals surface area contributed by atoms with Crippen LogP contribution in [-0.2, 0) is 6.54 Å². The van der Waals surface area contributed by atoms with Crippen molar-refractivity contribution in [2.45, 2.75) is 6.54 Å². The summed E-state index contributed by atoms with van der Waals surface area (Å²) in [5.74, 6) is 0.385. The van der Waals surface area contributed by atoms with E-state index in [1.165, 1.54) is 30.6 Å². The van der Waals surface area contributed by atoms with Crippen LogP contribution in [0.15, 0.2) is 54.9 Å². The van der Waals surface area contributed by atoms with Gasteiger partial charge >= 0.3 is 0 Å².